The number of hydrazone groups is 1. The van der Waals surface area contributed by atoms with Gasteiger partial charge in [0.25, 0.3) is 5.95 Å². The summed E-state index contributed by atoms with van der Waals surface area (Å²) < 4.78 is 7.15. The van der Waals surface area contributed by atoms with E-state index in [1.165, 1.54) is 25.5 Å². The summed E-state index contributed by atoms with van der Waals surface area (Å²) in [5, 5.41) is 24.8. The lowest BCUT2D eigenvalue weighted by atomic mass is 10.2. The molecule has 2 heterocycles. The molecule has 4 rings (SSSR count). The maximum atomic E-state index is 11.2. The van der Waals surface area contributed by atoms with E-state index >= 15 is 0 Å². The van der Waals surface area contributed by atoms with Gasteiger partial charge in [0, 0.05) is 23.6 Å². The average Bonchev–Trinajstić information content (AvgIpc) is 3.10. The third-order valence-electron chi connectivity index (χ3n) is 4.89. The van der Waals surface area contributed by atoms with Crippen LogP contribution in [0.5, 0.6) is 5.75 Å². The van der Waals surface area contributed by atoms with E-state index in [9.17, 15) is 10.1 Å². The number of nitrogens with one attached hydrogen (secondary N) is 1. The van der Waals surface area contributed by atoms with E-state index in [0.29, 0.717) is 5.56 Å². The van der Waals surface area contributed by atoms with Crippen molar-refractivity contribution in [2.45, 2.75) is 26.3 Å². The maximum absolute atomic E-state index is 11.2. The molecule has 2 aromatic carbocycles. The fourth-order valence-electron chi connectivity index (χ4n) is 3.39. The van der Waals surface area contributed by atoms with Crippen molar-refractivity contribution in [2.75, 3.05) is 12.5 Å². The predicted molar refractivity (Wildman–Crippen MR) is 119 cm³/mol. The van der Waals surface area contributed by atoms with Crippen LogP contribution in [-0.2, 0) is 6.54 Å². The minimum atomic E-state index is -0.500. The van der Waals surface area contributed by atoms with E-state index in [1.54, 1.807) is 6.07 Å². The molecule has 0 atom stereocenters. The van der Waals surface area contributed by atoms with Crippen LogP contribution in [-0.4, -0.2) is 38.0 Å². The Labute approximate surface area is 177 Å². The molecule has 0 bridgehead atoms. The molecule has 2 aromatic heterocycles. The van der Waals surface area contributed by atoms with Crippen molar-refractivity contribution in [1.29, 1.82) is 0 Å². The normalized spacial score (nSPS) is 11.4. The van der Waals surface area contributed by atoms with E-state index in [2.05, 4.69) is 43.3 Å². The SMILES string of the molecule is CCCCn1c2ccccc2c2nnc(N/N=C/c3ccc(OC)c([N+](=O)[O-])c3)nc21. The van der Waals surface area contributed by atoms with Crippen molar-refractivity contribution in [3.8, 4) is 5.75 Å². The fourth-order valence-corrected chi connectivity index (χ4v) is 3.39. The highest BCUT2D eigenvalue weighted by atomic mass is 16.6. The molecule has 31 heavy (non-hydrogen) atoms. The summed E-state index contributed by atoms with van der Waals surface area (Å²) in [6.07, 6.45) is 3.54. The van der Waals surface area contributed by atoms with Gasteiger partial charge in [0.05, 0.1) is 23.8 Å². The fraction of sp³-hybridized carbons (Fsp3) is 0.238. The second-order valence-corrected chi connectivity index (χ2v) is 6.89. The number of aryl methyl sites for hydroxylation is 1. The molecule has 0 fully saturated rings. The van der Waals surface area contributed by atoms with Crippen LogP contribution < -0.4 is 10.2 Å². The summed E-state index contributed by atoms with van der Waals surface area (Å²) in [5.74, 6) is 0.431. The number of nitrogens with zero attached hydrogens (tertiary/aromatic N) is 6. The summed E-state index contributed by atoms with van der Waals surface area (Å²) in [6.45, 7) is 2.98. The van der Waals surface area contributed by atoms with Crippen LogP contribution in [0, 0.1) is 10.1 Å². The van der Waals surface area contributed by atoms with Gasteiger partial charge >= 0.3 is 5.69 Å². The van der Waals surface area contributed by atoms with E-state index in [1.807, 2.05) is 18.2 Å². The summed E-state index contributed by atoms with van der Waals surface area (Å²) in [7, 11) is 1.39. The van der Waals surface area contributed by atoms with Gasteiger partial charge in [-0.1, -0.05) is 31.5 Å². The number of anilines is 1. The van der Waals surface area contributed by atoms with Gasteiger partial charge < -0.3 is 9.30 Å². The third kappa shape index (κ3) is 4.00. The number of fused-ring (bicyclic) bond motifs is 3. The summed E-state index contributed by atoms with van der Waals surface area (Å²) in [4.78, 5) is 15.3. The molecule has 4 aromatic rings. The number of rotatable bonds is 8. The molecule has 0 unspecified atom stereocenters. The lowest BCUT2D eigenvalue weighted by molar-refractivity contribution is -0.385. The first-order valence-electron chi connectivity index (χ1n) is 9.85. The van der Waals surface area contributed by atoms with E-state index in [4.69, 9.17) is 4.74 Å². The second kappa shape index (κ2) is 8.74. The van der Waals surface area contributed by atoms with E-state index in [-0.39, 0.29) is 17.4 Å². The van der Waals surface area contributed by atoms with Gasteiger partial charge in [-0.05, 0) is 24.6 Å². The molecule has 0 aliphatic heterocycles. The van der Waals surface area contributed by atoms with Crippen LogP contribution in [0.25, 0.3) is 22.1 Å². The minimum Gasteiger partial charge on any atom is -0.490 e. The molecule has 158 valence electrons. The van der Waals surface area contributed by atoms with Crippen molar-refractivity contribution in [3.05, 3.63) is 58.1 Å². The minimum absolute atomic E-state index is 0.133. The molecular formula is C21H21N7O3. The Morgan fingerprint density at radius 3 is 2.87 bits per heavy atom. The molecule has 0 radical (unpaired) electrons. The van der Waals surface area contributed by atoms with Crippen molar-refractivity contribution >= 4 is 39.9 Å². The average molecular weight is 419 g/mol. The first-order valence-corrected chi connectivity index (χ1v) is 9.85. The molecule has 1 N–H and O–H groups in total. The van der Waals surface area contributed by atoms with Crippen LogP contribution in [0.1, 0.15) is 25.3 Å². The molecular weight excluding hydrogens is 398 g/mol. The Morgan fingerprint density at radius 1 is 1.26 bits per heavy atom. The summed E-state index contributed by atoms with van der Waals surface area (Å²) >= 11 is 0. The van der Waals surface area contributed by atoms with Gasteiger partial charge in [-0.2, -0.15) is 10.1 Å². The molecule has 0 amide bonds. The molecule has 0 saturated heterocycles. The highest BCUT2D eigenvalue weighted by Crippen LogP contribution is 2.28. The van der Waals surface area contributed by atoms with Crippen molar-refractivity contribution in [1.82, 2.24) is 19.7 Å². The summed E-state index contributed by atoms with van der Waals surface area (Å²) in [5.41, 5.74) is 5.71. The molecule has 10 nitrogen and oxygen atoms in total. The number of hydrogen-bond acceptors (Lipinski definition) is 8. The number of unbranched alkanes of at least 4 members (excludes halogenated alkanes) is 1. The van der Waals surface area contributed by atoms with Crippen LogP contribution in [0.2, 0.25) is 0 Å². The Bertz CT molecular complexity index is 1280. The lowest BCUT2D eigenvalue weighted by Gasteiger charge is -2.05. The van der Waals surface area contributed by atoms with Gasteiger partial charge in [0.2, 0.25) is 0 Å². The number of benzene rings is 2. The number of methoxy groups -OCH3 is 1. The van der Waals surface area contributed by atoms with Crippen LogP contribution in [0.4, 0.5) is 11.6 Å². The Balaban J connectivity index is 1.63. The Hall–Kier alpha value is -4.08. The van der Waals surface area contributed by atoms with Crippen molar-refractivity contribution in [2.24, 2.45) is 5.10 Å². The largest absolute Gasteiger partial charge is 0.490 e. The highest BCUT2D eigenvalue weighted by Gasteiger charge is 2.15. The van der Waals surface area contributed by atoms with E-state index < -0.39 is 4.92 Å². The zero-order valence-electron chi connectivity index (χ0n) is 17.1. The highest BCUT2D eigenvalue weighted by molar-refractivity contribution is 6.04. The molecule has 0 aliphatic carbocycles. The summed E-state index contributed by atoms with van der Waals surface area (Å²) in [6, 6.07) is 12.6. The van der Waals surface area contributed by atoms with Gasteiger partial charge in [0.15, 0.2) is 11.4 Å². The topological polar surface area (TPSA) is 120 Å². The monoisotopic (exact) mass is 419 g/mol. The van der Waals surface area contributed by atoms with Crippen molar-refractivity contribution < 1.29 is 9.66 Å². The number of para-hydroxylation sites is 1. The van der Waals surface area contributed by atoms with Gasteiger partial charge in [0.1, 0.15) is 5.52 Å². The number of hydrogen-bond donors (Lipinski definition) is 1. The molecule has 0 aliphatic rings. The number of ether oxygens (including phenoxy) is 1. The van der Waals surface area contributed by atoms with E-state index in [0.717, 1.165) is 41.5 Å². The van der Waals surface area contributed by atoms with Crippen LogP contribution in [0.3, 0.4) is 0 Å². The molecule has 0 saturated carbocycles. The quantitative estimate of drug-likeness (QED) is 0.259. The standard InChI is InChI=1S/C21H21N7O3/c1-3-4-11-27-16-8-6-5-7-15(16)19-20(27)23-21(26-24-19)25-22-13-14-9-10-18(31-2)17(12-14)28(29)30/h5-10,12-13H,3-4,11H2,1-2H3,(H,23,25,26)/b22-13+. The van der Waals surface area contributed by atoms with Gasteiger partial charge in [-0.25, -0.2) is 5.43 Å². The zero-order chi connectivity index (χ0) is 21.8. The number of nitro benzene ring substituents is 1. The second-order valence-electron chi connectivity index (χ2n) is 6.89. The third-order valence-corrected chi connectivity index (χ3v) is 4.89. The predicted octanol–water partition coefficient (Wildman–Crippen LogP) is 4.14. The lowest BCUT2D eigenvalue weighted by Crippen LogP contribution is -2.03. The number of aromatic nitrogens is 4. The first-order chi connectivity index (χ1) is 15.1. The maximum Gasteiger partial charge on any atom is 0.311 e. The van der Waals surface area contributed by atoms with Crippen LogP contribution in [0.15, 0.2) is 47.6 Å². The van der Waals surface area contributed by atoms with Crippen molar-refractivity contribution in [3.63, 3.8) is 0 Å². The smallest absolute Gasteiger partial charge is 0.311 e. The molecule has 0 spiro atoms. The Morgan fingerprint density at radius 2 is 2.10 bits per heavy atom. The number of nitro groups is 1. The van der Waals surface area contributed by atoms with Gasteiger partial charge in [-0.15, -0.1) is 10.2 Å². The first kappa shape index (κ1) is 20.2. The van der Waals surface area contributed by atoms with Crippen LogP contribution >= 0.6 is 0 Å². The Kier molecular flexibility index (Phi) is 5.69. The zero-order valence-corrected chi connectivity index (χ0v) is 17.1. The molecule has 10 heteroatoms. The van der Waals surface area contributed by atoms with Gasteiger partial charge in [-0.3, -0.25) is 10.1 Å².